The highest BCUT2D eigenvalue weighted by molar-refractivity contribution is 7.89. The van der Waals surface area contributed by atoms with Crippen molar-refractivity contribution in [3.63, 3.8) is 0 Å². The van der Waals surface area contributed by atoms with E-state index in [4.69, 9.17) is 5.11 Å². The Morgan fingerprint density at radius 1 is 1.44 bits per heavy atom. The topological polar surface area (TPSA) is 92.7 Å². The van der Waals surface area contributed by atoms with Crippen LogP contribution in [0.25, 0.3) is 0 Å². The molecule has 7 heteroatoms. The Morgan fingerprint density at radius 2 is 2.00 bits per heavy atom. The van der Waals surface area contributed by atoms with Crippen molar-refractivity contribution in [1.29, 1.82) is 0 Å². The van der Waals surface area contributed by atoms with E-state index in [0.717, 1.165) is 12.8 Å². The van der Waals surface area contributed by atoms with Gasteiger partial charge in [-0.2, -0.15) is 4.72 Å². The van der Waals surface area contributed by atoms with Crippen LogP contribution in [0.1, 0.15) is 25.7 Å². The molecule has 0 aromatic carbocycles. The van der Waals surface area contributed by atoms with E-state index >= 15 is 0 Å². The normalized spacial score (nSPS) is 19.8. The van der Waals surface area contributed by atoms with Crippen LogP contribution in [0.3, 0.4) is 0 Å². The van der Waals surface area contributed by atoms with Crippen LogP contribution in [-0.2, 0) is 19.6 Å². The molecule has 0 bridgehead atoms. The van der Waals surface area contributed by atoms with Crippen molar-refractivity contribution >= 4 is 16.0 Å². The predicted octanol–water partition coefficient (Wildman–Crippen LogP) is -0.0504. The second-order valence-electron chi connectivity index (χ2n) is 4.01. The summed E-state index contributed by atoms with van der Waals surface area (Å²) in [5.41, 5.74) is -1.30. The van der Waals surface area contributed by atoms with Gasteiger partial charge in [0.2, 0.25) is 10.0 Å². The zero-order valence-corrected chi connectivity index (χ0v) is 10.0. The number of carboxylic acids is 1. The molecule has 0 aromatic heterocycles. The van der Waals surface area contributed by atoms with Crippen LogP contribution in [0.2, 0.25) is 0 Å². The van der Waals surface area contributed by atoms with Gasteiger partial charge in [-0.25, -0.2) is 8.42 Å². The lowest BCUT2D eigenvalue weighted by molar-refractivity contribution is -0.143. The zero-order valence-electron chi connectivity index (χ0n) is 9.23. The fourth-order valence-electron chi connectivity index (χ4n) is 1.88. The highest BCUT2D eigenvalue weighted by Gasteiger charge is 2.44. The Kier molecular flexibility index (Phi) is 4.28. The summed E-state index contributed by atoms with van der Waals surface area (Å²) in [6.07, 6.45) is 2.18. The summed E-state index contributed by atoms with van der Waals surface area (Å²) in [6, 6.07) is 0. The van der Waals surface area contributed by atoms with Gasteiger partial charge in [0.25, 0.3) is 0 Å². The van der Waals surface area contributed by atoms with Crippen LogP contribution in [0.15, 0.2) is 0 Å². The molecule has 1 fully saturated rings. The molecular formula is C9H17NO5S. The lowest BCUT2D eigenvalue weighted by Gasteiger charge is -2.24. The second-order valence-corrected chi connectivity index (χ2v) is 5.85. The fourth-order valence-corrected chi connectivity index (χ4v) is 3.25. The van der Waals surface area contributed by atoms with Gasteiger partial charge in [-0.1, -0.05) is 12.8 Å². The van der Waals surface area contributed by atoms with Crippen molar-refractivity contribution < 1.29 is 23.1 Å². The molecule has 0 atom stereocenters. The summed E-state index contributed by atoms with van der Waals surface area (Å²) < 4.78 is 30.2. The summed E-state index contributed by atoms with van der Waals surface area (Å²) in [5, 5.41) is 9.09. The minimum Gasteiger partial charge on any atom is -0.480 e. The van der Waals surface area contributed by atoms with Crippen molar-refractivity contribution in [2.45, 2.75) is 31.2 Å². The molecule has 0 unspecified atom stereocenters. The number of hydrogen-bond acceptors (Lipinski definition) is 4. The van der Waals surface area contributed by atoms with Gasteiger partial charge in [0, 0.05) is 7.11 Å². The number of aliphatic carboxylic acids is 1. The quantitative estimate of drug-likeness (QED) is 0.690. The third-order valence-electron chi connectivity index (χ3n) is 2.77. The predicted molar refractivity (Wildman–Crippen MR) is 57.6 cm³/mol. The fraction of sp³-hybridized carbons (Fsp3) is 0.889. The summed E-state index contributed by atoms with van der Waals surface area (Å²) in [7, 11) is -2.19. The molecule has 1 saturated carbocycles. The maximum absolute atomic E-state index is 11.6. The molecule has 16 heavy (non-hydrogen) atoms. The highest BCUT2D eigenvalue weighted by atomic mass is 32.2. The number of nitrogens with one attached hydrogen (secondary N) is 1. The first-order valence-corrected chi connectivity index (χ1v) is 6.81. The van der Waals surface area contributed by atoms with Crippen molar-refractivity contribution in [2.75, 3.05) is 19.5 Å². The smallest absolute Gasteiger partial charge is 0.324 e. The molecule has 0 spiro atoms. The first-order chi connectivity index (χ1) is 7.42. The molecule has 0 aliphatic heterocycles. The van der Waals surface area contributed by atoms with Crippen molar-refractivity contribution in [2.24, 2.45) is 0 Å². The van der Waals surface area contributed by atoms with Gasteiger partial charge in [-0.15, -0.1) is 0 Å². The van der Waals surface area contributed by atoms with E-state index in [0.29, 0.717) is 12.8 Å². The van der Waals surface area contributed by atoms with E-state index in [-0.39, 0.29) is 12.4 Å². The third kappa shape index (κ3) is 3.16. The molecule has 0 saturated heterocycles. The molecule has 0 heterocycles. The number of rotatable bonds is 6. The van der Waals surface area contributed by atoms with Gasteiger partial charge in [0.1, 0.15) is 5.54 Å². The van der Waals surface area contributed by atoms with Gasteiger partial charge >= 0.3 is 5.97 Å². The molecule has 2 N–H and O–H groups in total. The molecule has 1 aliphatic carbocycles. The van der Waals surface area contributed by atoms with Gasteiger partial charge in [-0.3, -0.25) is 4.79 Å². The Bertz CT molecular complexity index is 345. The van der Waals surface area contributed by atoms with Gasteiger partial charge < -0.3 is 9.84 Å². The molecule has 0 aromatic rings. The van der Waals surface area contributed by atoms with Crippen LogP contribution < -0.4 is 4.72 Å². The summed E-state index contributed by atoms with van der Waals surface area (Å²) >= 11 is 0. The van der Waals surface area contributed by atoms with E-state index in [1.807, 2.05) is 0 Å². The van der Waals surface area contributed by atoms with Crippen molar-refractivity contribution in [3.8, 4) is 0 Å². The number of carbonyl (C=O) groups is 1. The van der Waals surface area contributed by atoms with Crippen LogP contribution in [0.4, 0.5) is 0 Å². The number of ether oxygens (including phenoxy) is 1. The minimum atomic E-state index is -3.59. The number of methoxy groups -OCH3 is 1. The summed E-state index contributed by atoms with van der Waals surface area (Å²) in [6.45, 7) is 0.0605. The number of carboxylic acid groups (broad SMARTS) is 1. The molecule has 6 nitrogen and oxygen atoms in total. The van der Waals surface area contributed by atoms with Gasteiger partial charge in [-0.05, 0) is 12.8 Å². The first-order valence-electron chi connectivity index (χ1n) is 5.16. The molecule has 0 radical (unpaired) electrons. The largest absolute Gasteiger partial charge is 0.480 e. The van der Waals surface area contributed by atoms with Crippen LogP contribution in [0.5, 0.6) is 0 Å². The Hall–Kier alpha value is -0.660. The van der Waals surface area contributed by atoms with Crippen molar-refractivity contribution in [3.05, 3.63) is 0 Å². The molecule has 1 rings (SSSR count). The lowest BCUT2D eigenvalue weighted by Crippen LogP contribution is -2.53. The Balaban J connectivity index is 2.72. The van der Waals surface area contributed by atoms with Gasteiger partial charge in [0.15, 0.2) is 0 Å². The van der Waals surface area contributed by atoms with E-state index in [2.05, 4.69) is 9.46 Å². The molecular weight excluding hydrogens is 234 g/mol. The first kappa shape index (κ1) is 13.4. The minimum absolute atomic E-state index is 0.0605. The van der Waals surface area contributed by atoms with Gasteiger partial charge in [0.05, 0.1) is 12.4 Å². The van der Waals surface area contributed by atoms with E-state index in [1.165, 1.54) is 7.11 Å². The van der Waals surface area contributed by atoms with Crippen LogP contribution in [0, 0.1) is 0 Å². The summed E-state index contributed by atoms with van der Waals surface area (Å²) in [4.78, 5) is 11.1. The van der Waals surface area contributed by atoms with E-state index in [1.54, 1.807) is 0 Å². The van der Waals surface area contributed by atoms with Crippen molar-refractivity contribution in [1.82, 2.24) is 4.72 Å². The Labute approximate surface area is 95.0 Å². The molecule has 94 valence electrons. The monoisotopic (exact) mass is 251 g/mol. The average molecular weight is 251 g/mol. The Morgan fingerprint density at radius 3 is 2.44 bits per heavy atom. The molecule has 1 aliphatic rings. The van der Waals surface area contributed by atoms with E-state index in [9.17, 15) is 13.2 Å². The van der Waals surface area contributed by atoms with Crippen LogP contribution in [-0.4, -0.2) is 44.5 Å². The number of hydrogen-bond donors (Lipinski definition) is 2. The SMILES string of the molecule is COCCS(=O)(=O)NC1(C(=O)O)CCCC1. The summed E-state index contributed by atoms with van der Waals surface area (Å²) in [5.74, 6) is -1.30. The second kappa shape index (κ2) is 5.11. The maximum atomic E-state index is 11.6. The third-order valence-corrected chi connectivity index (χ3v) is 4.18. The number of sulfonamides is 1. The zero-order chi connectivity index (χ0) is 12.2. The maximum Gasteiger partial charge on any atom is 0.324 e. The standard InChI is InChI=1S/C9H17NO5S/c1-15-6-7-16(13,14)10-9(8(11)12)4-2-3-5-9/h10H,2-7H2,1H3,(H,11,12). The highest BCUT2D eigenvalue weighted by Crippen LogP contribution is 2.30. The molecule has 0 amide bonds. The lowest BCUT2D eigenvalue weighted by atomic mass is 10.0. The van der Waals surface area contributed by atoms with E-state index < -0.39 is 21.5 Å². The van der Waals surface area contributed by atoms with Crippen LogP contribution >= 0.6 is 0 Å². The average Bonchev–Trinajstić information content (AvgIpc) is 2.64.